The van der Waals surface area contributed by atoms with E-state index in [1.54, 1.807) is 6.21 Å². The number of nitrogens with zero attached hydrogens (tertiary/aromatic N) is 4. The fraction of sp³-hybridized carbons (Fsp3) is 0.143. The van der Waals surface area contributed by atoms with E-state index in [2.05, 4.69) is 59.2 Å². The van der Waals surface area contributed by atoms with Crippen LogP contribution >= 0.6 is 43.6 Å². The van der Waals surface area contributed by atoms with Gasteiger partial charge in [-0.15, -0.1) is 10.2 Å². The summed E-state index contributed by atoms with van der Waals surface area (Å²) >= 11 is 8.16. The number of nitrogens with one attached hydrogen (secondary N) is 1. The van der Waals surface area contributed by atoms with Gasteiger partial charge in [-0.2, -0.15) is 5.10 Å². The summed E-state index contributed by atoms with van der Waals surface area (Å²) in [4.78, 5) is 12.2. The molecule has 0 bridgehead atoms. The van der Waals surface area contributed by atoms with E-state index in [-0.39, 0.29) is 11.7 Å². The topological polar surface area (TPSA) is 72.2 Å². The van der Waals surface area contributed by atoms with Gasteiger partial charge in [0, 0.05) is 21.1 Å². The Balaban J connectivity index is 1.66. The molecule has 3 aromatic rings. The second kappa shape index (κ2) is 10.7. The maximum atomic E-state index is 12.2. The Morgan fingerprint density at radius 2 is 1.97 bits per heavy atom. The van der Waals surface area contributed by atoms with Gasteiger partial charge in [0.1, 0.15) is 0 Å². The quantitative estimate of drug-likeness (QED) is 0.180. The summed E-state index contributed by atoms with van der Waals surface area (Å²) in [5, 5.41) is 13.3. The summed E-state index contributed by atoms with van der Waals surface area (Å²) in [6.07, 6.45) is 1.60. The number of carbonyl (C=O) groups excluding carboxylic acids is 1. The van der Waals surface area contributed by atoms with Crippen LogP contribution in [0.3, 0.4) is 0 Å². The highest BCUT2D eigenvalue weighted by Crippen LogP contribution is 2.26. The van der Waals surface area contributed by atoms with E-state index in [1.807, 2.05) is 60.0 Å². The molecule has 3 rings (SSSR count). The van der Waals surface area contributed by atoms with Crippen LogP contribution in [-0.4, -0.2) is 32.6 Å². The number of amides is 1. The minimum absolute atomic E-state index is 0.171. The average Bonchev–Trinajstić information content (AvgIpc) is 3.09. The van der Waals surface area contributed by atoms with Crippen molar-refractivity contribution < 1.29 is 4.79 Å². The van der Waals surface area contributed by atoms with E-state index in [0.717, 1.165) is 31.5 Å². The predicted molar refractivity (Wildman–Crippen MR) is 129 cm³/mol. The molecule has 154 valence electrons. The lowest BCUT2D eigenvalue weighted by molar-refractivity contribution is -0.118. The van der Waals surface area contributed by atoms with Gasteiger partial charge in [0.05, 0.1) is 12.0 Å². The first kappa shape index (κ1) is 22.5. The molecule has 0 radical (unpaired) electrons. The average molecular weight is 549 g/mol. The van der Waals surface area contributed by atoms with E-state index >= 15 is 0 Å². The molecule has 1 N–H and O–H groups in total. The third-order valence-corrected chi connectivity index (χ3v) is 5.82. The zero-order chi connectivity index (χ0) is 21.5. The van der Waals surface area contributed by atoms with Crippen LogP contribution in [0.25, 0.3) is 11.4 Å². The molecule has 30 heavy (non-hydrogen) atoms. The minimum Gasteiger partial charge on any atom is -0.298 e. The molecule has 0 saturated heterocycles. The van der Waals surface area contributed by atoms with Gasteiger partial charge in [-0.3, -0.25) is 9.36 Å². The predicted octanol–water partition coefficient (Wildman–Crippen LogP) is 5.29. The first-order valence-electron chi connectivity index (χ1n) is 8.96. The lowest BCUT2D eigenvalue weighted by Crippen LogP contribution is -2.20. The molecule has 0 unspecified atom stereocenters. The highest BCUT2D eigenvalue weighted by atomic mass is 79.9. The van der Waals surface area contributed by atoms with E-state index in [4.69, 9.17) is 0 Å². The van der Waals surface area contributed by atoms with Crippen molar-refractivity contribution in [2.45, 2.75) is 18.6 Å². The normalized spacial score (nSPS) is 11.0. The number of hydrogen-bond acceptors (Lipinski definition) is 5. The van der Waals surface area contributed by atoms with Crippen LogP contribution in [0, 0.1) is 0 Å². The zero-order valence-corrected chi connectivity index (χ0v) is 20.2. The molecule has 0 aliphatic heterocycles. The number of aromatic nitrogens is 3. The van der Waals surface area contributed by atoms with Crippen molar-refractivity contribution in [2.24, 2.45) is 5.10 Å². The number of benzene rings is 2. The monoisotopic (exact) mass is 547 g/mol. The minimum atomic E-state index is -0.221. The smallest absolute Gasteiger partial charge is 0.250 e. The molecule has 0 aliphatic carbocycles. The number of hydrazone groups is 1. The van der Waals surface area contributed by atoms with E-state index in [1.165, 1.54) is 11.8 Å². The van der Waals surface area contributed by atoms with Crippen molar-refractivity contribution >= 4 is 55.7 Å². The SMILES string of the molecule is C=C(C)Cn1c(SCC(=O)N/N=C\c2cccc(Br)c2)nnc1-c1ccc(Br)cc1. The molecule has 0 fully saturated rings. The van der Waals surface area contributed by atoms with Crippen molar-refractivity contribution in [3.05, 3.63) is 75.2 Å². The zero-order valence-electron chi connectivity index (χ0n) is 16.2. The van der Waals surface area contributed by atoms with Crippen molar-refractivity contribution in [1.82, 2.24) is 20.2 Å². The molecule has 6 nitrogen and oxygen atoms in total. The number of thioether (sulfide) groups is 1. The Bertz CT molecular complexity index is 1080. The maximum absolute atomic E-state index is 12.2. The highest BCUT2D eigenvalue weighted by Gasteiger charge is 2.15. The second-order valence-electron chi connectivity index (χ2n) is 6.49. The van der Waals surface area contributed by atoms with E-state index < -0.39 is 0 Å². The Labute approximate surface area is 196 Å². The number of rotatable bonds is 8. The van der Waals surface area contributed by atoms with Crippen molar-refractivity contribution in [3.8, 4) is 11.4 Å². The highest BCUT2D eigenvalue weighted by molar-refractivity contribution is 9.10. The van der Waals surface area contributed by atoms with Gasteiger partial charge < -0.3 is 0 Å². The Kier molecular flexibility index (Phi) is 8.01. The number of allylic oxidation sites excluding steroid dienone is 1. The summed E-state index contributed by atoms with van der Waals surface area (Å²) in [7, 11) is 0. The van der Waals surface area contributed by atoms with Gasteiger partial charge >= 0.3 is 0 Å². The van der Waals surface area contributed by atoms with Gasteiger partial charge in [-0.05, 0) is 36.8 Å². The lowest BCUT2D eigenvalue weighted by atomic mass is 10.2. The van der Waals surface area contributed by atoms with Crippen molar-refractivity contribution in [3.63, 3.8) is 0 Å². The van der Waals surface area contributed by atoms with Gasteiger partial charge in [-0.25, -0.2) is 5.43 Å². The molecular weight excluding hydrogens is 530 g/mol. The molecule has 0 spiro atoms. The maximum Gasteiger partial charge on any atom is 0.250 e. The summed E-state index contributed by atoms with van der Waals surface area (Å²) < 4.78 is 3.91. The number of carbonyl (C=O) groups is 1. The van der Waals surface area contributed by atoms with E-state index in [9.17, 15) is 4.79 Å². The molecule has 9 heteroatoms. The number of halogens is 2. The largest absolute Gasteiger partial charge is 0.298 e. The molecule has 0 saturated carbocycles. The summed E-state index contributed by atoms with van der Waals surface area (Å²) in [6, 6.07) is 15.5. The fourth-order valence-corrected chi connectivity index (χ4v) is 3.96. The lowest BCUT2D eigenvalue weighted by Gasteiger charge is -2.10. The van der Waals surface area contributed by atoms with Crippen LogP contribution in [0.15, 0.2) is 79.9 Å². The molecule has 1 amide bonds. The summed E-state index contributed by atoms with van der Waals surface area (Å²) in [5.74, 6) is 0.687. The van der Waals surface area contributed by atoms with Crippen molar-refractivity contribution in [1.29, 1.82) is 0 Å². The Morgan fingerprint density at radius 3 is 2.67 bits per heavy atom. The summed E-state index contributed by atoms with van der Waals surface area (Å²) in [5.41, 5.74) is 5.34. The van der Waals surface area contributed by atoms with E-state index in [0.29, 0.717) is 11.7 Å². The van der Waals surface area contributed by atoms with Crippen LogP contribution in [0.5, 0.6) is 0 Å². The van der Waals surface area contributed by atoms with Crippen LogP contribution in [-0.2, 0) is 11.3 Å². The standard InChI is InChI=1S/C21H19Br2N5OS/c1-14(2)12-28-20(16-6-8-17(22)9-7-16)26-27-21(28)30-13-19(29)25-24-11-15-4-3-5-18(23)10-15/h3-11H,1,12-13H2,2H3,(H,25,29)/b24-11-. The summed E-state index contributed by atoms with van der Waals surface area (Å²) in [6.45, 7) is 6.52. The third kappa shape index (κ3) is 6.38. The van der Waals surface area contributed by atoms with Crippen molar-refractivity contribution in [2.75, 3.05) is 5.75 Å². The first-order valence-corrected chi connectivity index (χ1v) is 11.5. The fourth-order valence-electron chi connectivity index (χ4n) is 2.55. The Morgan fingerprint density at radius 1 is 1.20 bits per heavy atom. The van der Waals surface area contributed by atoms with Gasteiger partial charge in [0.25, 0.3) is 5.91 Å². The second-order valence-corrected chi connectivity index (χ2v) is 9.27. The molecule has 0 aliphatic rings. The molecule has 1 heterocycles. The van der Waals surface area contributed by atoms with Gasteiger partial charge in [-0.1, -0.05) is 80.0 Å². The first-order chi connectivity index (χ1) is 14.4. The van der Waals surface area contributed by atoms with Crippen LogP contribution in [0.4, 0.5) is 0 Å². The van der Waals surface area contributed by atoms with Crippen LogP contribution in [0.1, 0.15) is 12.5 Å². The molecule has 2 aromatic carbocycles. The number of hydrogen-bond donors (Lipinski definition) is 1. The van der Waals surface area contributed by atoms with Gasteiger partial charge in [0.2, 0.25) is 0 Å². The van der Waals surface area contributed by atoms with Crippen LogP contribution in [0.2, 0.25) is 0 Å². The molecular formula is C21H19Br2N5OS. The molecule has 1 aromatic heterocycles. The Hall–Kier alpha value is -2.23. The molecule has 0 atom stereocenters. The third-order valence-electron chi connectivity index (χ3n) is 3.83. The van der Waals surface area contributed by atoms with Crippen LogP contribution < -0.4 is 5.43 Å². The van der Waals surface area contributed by atoms with Gasteiger partial charge in [0.15, 0.2) is 11.0 Å².